The molecule has 0 aromatic carbocycles. The molecule has 0 spiro atoms. The van der Waals surface area contributed by atoms with Crippen LogP contribution in [0.2, 0.25) is 0 Å². The zero-order valence-corrected chi connectivity index (χ0v) is 6.67. The van der Waals surface area contributed by atoms with Crippen molar-refractivity contribution in [2.75, 3.05) is 13.1 Å². The minimum absolute atomic E-state index is 0.663. The molecule has 2 rings (SSSR count). The quantitative estimate of drug-likeness (QED) is 0.644. The van der Waals surface area contributed by atoms with Crippen LogP contribution < -0.4 is 5.32 Å². The van der Waals surface area contributed by atoms with Crippen molar-refractivity contribution in [1.29, 1.82) is 0 Å². The summed E-state index contributed by atoms with van der Waals surface area (Å²) in [5, 5.41) is 3.23. The molecule has 0 aliphatic carbocycles. The summed E-state index contributed by atoms with van der Waals surface area (Å²) in [5.41, 5.74) is 2.47. The zero-order chi connectivity index (χ0) is 7.68. The smallest absolute Gasteiger partial charge is 0.0460 e. The molecule has 1 aliphatic rings. The summed E-state index contributed by atoms with van der Waals surface area (Å²) in [6.07, 6.45) is 1.94. The van der Waals surface area contributed by atoms with Gasteiger partial charge < -0.3 is 5.32 Å². The van der Waals surface area contributed by atoms with Crippen molar-refractivity contribution in [1.82, 2.24) is 10.3 Å². The fourth-order valence-corrected chi connectivity index (χ4v) is 1.22. The first kappa shape index (κ1) is 6.80. The SMILES string of the molecule is Cc1ccc(C2CNC2)nc1. The van der Waals surface area contributed by atoms with Gasteiger partial charge in [-0.25, -0.2) is 0 Å². The van der Waals surface area contributed by atoms with E-state index in [-0.39, 0.29) is 0 Å². The Morgan fingerprint density at radius 1 is 1.45 bits per heavy atom. The van der Waals surface area contributed by atoms with E-state index >= 15 is 0 Å². The van der Waals surface area contributed by atoms with Gasteiger partial charge in [0.25, 0.3) is 0 Å². The second kappa shape index (κ2) is 2.62. The molecule has 0 unspecified atom stereocenters. The highest BCUT2D eigenvalue weighted by Gasteiger charge is 2.19. The minimum Gasteiger partial charge on any atom is -0.315 e. The molecular weight excluding hydrogens is 136 g/mol. The molecule has 58 valence electrons. The summed E-state index contributed by atoms with van der Waals surface area (Å²) >= 11 is 0. The number of aromatic nitrogens is 1. The summed E-state index contributed by atoms with van der Waals surface area (Å²) in [7, 11) is 0. The highest BCUT2D eigenvalue weighted by molar-refractivity contribution is 5.17. The molecule has 0 radical (unpaired) electrons. The maximum atomic E-state index is 4.36. The number of nitrogens with one attached hydrogen (secondary N) is 1. The molecular formula is C9H12N2. The van der Waals surface area contributed by atoms with Gasteiger partial charge in [-0.15, -0.1) is 0 Å². The molecule has 1 fully saturated rings. The van der Waals surface area contributed by atoms with Crippen molar-refractivity contribution < 1.29 is 0 Å². The molecule has 2 heterocycles. The molecule has 1 aromatic heterocycles. The molecule has 2 heteroatoms. The topological polar surface area (TPSA) is 24.9 Å². The van der Waals surface area contributed by atoms with Crippen LogP contribution in [0.15, 0.2) is 18.3 Å². The molecule has 0 bridgehead atoms. The van der Waals surface area contributed by atoms with Crippen LogP contribution in [0.3, 0.4) is 0 Å². The normalized spacial score (nSPS) is 17.9. The largest absolute Gasteiger partial charge is 0.315 e. The lowest BCUT2D eigenvalue weighted by molar-refractivity contribution is 0.440. The molecule has 0 saturated carbocycles. The predicted octanol–water partition coefficient (Wildman–Crippen LogP) is 1.08. The third-order valence-corrected chi connectivity index (χ3v) is 2.13. The number of aryl methyl sites for hydroxylation is 1. The van der Waals surface area contributed by atoms with Gasteiger partial charge in [0.15, 0.2) is 0 Å². The Balaban J connectivity index is 2.18. The highest BCUT2D eigenvalue weighted by atomic mass is 15.0. The maximum Gasteiger partial charge on any atom is 0.0460 e. The van der Waals surface area contributed by atoms with Gasteiger partial charge in [-0.2, -0.15) is 0 Å². The van der Waals surface area contributed by atoms with E-state index in [1.54, 1.807) is 0 Å². The summed E-state index contributed by atoms with van der Waals surface area (Å²) in [5.74, 6) is 0.663. The Bertz CT molecular complexity index is 236. The van der Waals surface area contributed by atoms with Crippen LogP contribution in [0.25, 0.3) is 0 Å². The Hall–Kier alpha value is -0.890. The van der Waals surface area contributed by atoms with E-state index in [9.17, 15) is 0 Å². The van der Waals surface area contributed by atoms with Crippen molar-refractivity contribution in [3.05, 3.63) is 29.6 Å². The predicted molar refractivity (Wildman–Crippen MR) is 44.6 cm³/mol. The monoisotopic (exact) mass is 148 g/mol. The number of nitrogens with zero attached hydrogens (tertiary/aromatic N) is 1. The first-order chi connectivity index (χ1) is 5.36. The van der Waals surface area contributed by atoms with E-state index in [4.69, 9.17) is 0 Å². The lowest BCUT2D eigenvalue weighted by Gasteiger charge is -2.26. The molecule has 0 amide bonds. The van der Waals surface area contributed by atoms with Crippen LogP contribution in [0, 0.1) is 6.92 Å². The third-order valence-electron chi connectivity index (χ3n) is 2.13. The van der Waals surface area contributed by atoms with Crippen LogP contribution in [-0.4, -0.2) is 18.1 Å². The van der Waals surface area contributed by atoms with Gasteiger partial charge in [0.2, 0.25) is 0 Å². The highest BCUT2D eigenvalue weighted by Crippen LogP contribution is 2.16. The first-order valence-electron chi connectivity index (χ1n) is 3.99. The molecule has 2 nitrogen and oxygen atoms in total. The van der Waals surface area contributed by atoms with Gasteiger partial charge in [0.05, 0.1) is 0 Å². The Kier molecular flexibility index (Phi) is 1.62. The summed E-state index contributed by atoms with van der Waals surface area (Å²) in [4.78, 5) is 4.36. The number of hydrogen-bond donors (Lipinski definition) is 1. The average Bonchev–Trinajstić information content (AvgIpc) is 1.90. The summed E-state index contributed by atoms with van der Waals surface area (Å²) in [6.45, 7) is 4.25. The van der Waals surface area contributed by atoms with E-state index in [0.29, 0.717) is 5.92 Å². The summed E-state index contributed by atoms with van der Waals surface area (Å²) < 4.78 is 0. The second-order valence-electron chi connectivity index (χ2n) is 3.12. The van der Waals surface area contributed by atoms with Crippen LogP contribution in [-0.2, 0) is 0 Å². The van der Waals surface area contributed by atoms with Crippen molar-refractivity contribution in [2.45, 2.75) is 12.8 Å². The Morgan fingerprint density at radius 2 is 2.27 bits per heavy atom. The van der Waals surface area contributed by atoms with Crippen LogP contribution in [0.5, 0.6) is 0 Å². The summed E-state index contributed by atoms with van der Waals surface area (Å²) in [6, 6.07) is 4.25. The average molecular weight is 148 g/mol. The Labute approximate surface area is 66.7 Å². The number of pyridine rings is 1. The molecule has 11 heavy (non-hydrogen) atoms. The van der Waals surface area contributed by atoms with Gasteiger partial charge in [0.1, 0.15) is 0 Å². The van der Waals surface area contributed by atoms with E-state index in [2.05, 4.69) is 29.4 Å². The fourth-order valence-electron chi connectivity index (χ4n) is 1.22. The van der Waals surface area contributed by atoms with Crippen LogP contribution in [0.4, 0.5) is 0 Å². The number of hydrogen-bond acceptors (Lipinski definition) is 2. The van der Waals surface area contributed by atoms with Crippen LogP contribution in [0.1, 0.15) is 17.2 Å². The van der Waals surface area contributed by atoms with Crippen molar-refractivity contribution in [2.24, 2.45) is 0 Å². The number of rotatable bonds is 1. The second-order valence-corrected chi connectivity index (χ2v) is 3.12. The maximum absolute atomic E-state index is 4.36. The van der Waals surface area contributed by atoms with Crippen molar-refractivity contribution >= 4 is 0 Å². The van der Waals surface area contributed by atoms with Gasteiger partial charge >= 0.3 is 0 Å². The van der Waals surface area contributed by atoms with Gasteiger partial charge in [-0.05, 0) is 18.6 Å². The van der Waals surface area contributed by atoms with Crippen LogP contribution >= 0.6 is 0 Å². The van der Waals surface area contributed by atoms with E-state index in [0.717, 1.165) is 13.1 Å². The van der Waals surface area contributed by atoms with E-state index < -0.39 is 0 Å². The molecule has 1 N–H and O–H groups in total. The Morgan fingerprint density at radius 3 is 2.73 bits per heavy atom. The zero-order valence-electron chi connectivity index (χ0n) is 6.67. The lowest BCUT2D eigenvalue weighted by Crippen LogP contribution is -2.40. The molecule has 1 saturated heterocycles. The first-order valence-corrected chi connectivity index (χ1v) is 3.99. The molecule has 1 aromatic rings. The molecule has 1 aliphatic heterocycles. The van der Waals surface area contributed by atoms with Gasteiger partial charge in [-0.1, -0.05) is 6.07 Å². The molecule has 0 atom stereocenters. The van der Waals surface area contributed by atoms with E-state index in [1.807, 2.05) is 6.20 Å². The van der Waals surface area contributed by atoms with Crippen molar-refractivity contribution in [3.63, 3.8) is 0 Å². The van der Waals surface area contributed by atoms with Gasteiger partial charge in [-0.3, -0.25) is 4.98 Å². The van der Waals surface area contributed by atoms with Crippen molar-refractivity contribution in [3.8, 4) is 0 Å². The lowest BCUT2D eigenvalue weighted by atomic mass is 9.98. The van der Waals surface area contributed by atoms with E-state index in [1.165, 1.54) is 11.3 Å². The third kappa shape index (κ3) is 1.26. The standard InChI is InChI=1S/C9H12N2/c1-7-2-3-9(11-4-7)8-5-10-6-8/h2-4,8,10H,5-6H2,1H3. The van der Waals surface area contributed by atoms with Gasteiger partial charge in [0, 0.05) is 30.9 Å². The fraction of sp³-hybridized carbons (Fsp3) is 0.444. The minimum atomic E-state index is 0.663.